The second kappa shape index (κ2) is 8.29. The Kier molecular flexibility index (Phi) is 6.39. The summed E-state index contributed by atoms with van der Waals surface area (Å²) in [7, 11) is 0. The van der Waals surface area contributed by atoms with E-state index in [0.29, 0.717) is 18.3 Å². The maximum atomic E-state index is 5.68. The van der Waals surface area contributed by atoms with Gasteiger partial charge in [-0.2, -0.15) is 0 Å². The smallest absolute Gasteiger partial charge is 0.248 e. The summed E-state index contributed by atoms with van der Waals surface area (Å²) in [5.74, 6) is 1.97. The Bertz CT molecular complexity index is 554. The van der Waals surface area contributed by atoms with Crippen LogP contribution < -0.4 is 5.32 Å². The van der Waals surface area contributed by atoms with Crippen molar-refractivity contribution in [3.63, 3.8) is 0 Å². The molecule has 1 aromatic carbocycles. The Balaban J connectivity index is 1.78. The molecule has 0 aliphatic rings. The van der Waals surface area contributed by atoms with Crippen molar-refractivity contribution >= 4 is 15.9 Å². The largest absolute Gasteiger partial charge is 0.419 e. The van der Waals surface area contributed by atoms with Gasteiger partial charge in [0.1, 0.15) is 0 Å². The molecule has 1 N–H and O–H groups in total. The quantitative estimate of drug-likeness (QED) is 0.715. The van der Waals surface area contributed by atoms with E-state index in [9.17, 15) is 0 Å². The van der Waals surface area contributed by atoms with Gasteiger partial charge in [0.15, 0.2) is 0 Å². The molecule has 0 radical (unpaired) electrons. The minimum Gasteiger partial charge on any atom is -0.419 e. The normalized spacial score (nSPS) is 11.2. The molecule has 4 nitrogen and oxygen atoms in total. The minimum absolute atomic E-state index is 0.555. The Morgan fingerprint density at radius 3 is 2.76 bits per heavy atom. The van der Waals surface area contributed by atoms with E-state index >= 15 is 0 Å². The molecule has 0 spiro atoms. The molecule has 21 heavy (non-hydrogen) atoms. The van der Waals surface area contributed by atoms with Crippen molar-refractivity contribution in [1.82, 2.24) is 15.5 Å². The van der Waals surface area contributed by atoms with E-state index in [1.807, 2.05) is 24.3 Å². The number of hydrogen-bond donors (Lipinski definition) is 1. The Labute approximate surface area is 134 Å². The first-order valence-corrected chi connectivity index (χ1v) is 8.24. The van der Waals surface area contributed by atoms with Crippen molar-refractivity contribution in [2.45, 2.75) is 39.7 Å². The number of benzene rings is 1. The molecule has 0 atom stereocenters. The Morgan fingerprint density at radius 2 is 2.00 bits per heavy atom. The van der Waals surface area contributed by atoms with E-state index in [4.69, 9.17) is 4.42 Å². The molecule has 0 aliphatic carbocycles. The van der Waals surface area contributed by atoms with Crippen LogP contribution in [0.1, 0.15) is 39.0 Å². The lowest BCUT2D eigenvalue weighted by atomic mass is 10.1. The summed E-state index contributed by atoms with van der Waals surface area (Å²) in [6.07, 6.45) is 3.73. The van der Waals surface area contributed by atoms with Crippen LogP contribution in [0.5, 0.6) is 0 Å². The molecular weight excluding hydrogens is 330 g/mol. The maximum absolute atomic E-state index is 5.68. The summed E-state index contributed by atoms with van der Waals surface area (Å²) in [6, 6.07) is 7.84. The first-order chi connectivity index (χ1) is 10.2. The third-order valence-electron chi connectivity index (χ3n) is 3.23. The average Bonchev–Trinajstić information content (AvgIpc) is 2.91. The van der Waals surface area contributed by atoms with Crippen molar-refractivity contribution in [2.24, 2.45) is 5.92 Å². The topological polar surface area (TPSA) is 51.0 Å². The molecule has 0 amide bonds. The maximum Gasteiger partial charge on any atom is 0.248 e. The summed E-state index contributed by atoms with van der Waals surface area (Å²) >= 11 is 3.49. The fourth-order valence-corrected chi connectivity index (χ4v) is 2.52. The van der Waals surface area contributed by atoms with Crippen LogP contribution in [0.15, 0.2) is 33.2 Å². The van der Waals surface area contributed by atoms with Crippen molar-refractivity contribution in [2.75, 3.05) is 6.54 Å². The summed E-state index contributed by atoms with van der Waals surface area (Å²) in [4.78, 5) is 0. The molecular formula is C16H22BrN3O. The molecule has 1 aromatic heterocycles. The number of unbranched alkanes of at least 4 members (excludes halogenated alkanes) is 1. The lowest BCUT2D eigenvalue weighted by Crippen LogP contribution is -2.15. The highest BCUT2D eigenvalue weighted by molar-refractivity contribution is 9.10. The van der Waals surface area contributed by atoms with Crippen LogP contribution >= 0.6 is 15.9 Å². The zero-order chi connectivity index (χ0) is 15.1. The van der Waals surface area contributed by atoms with E-state index < -0.39 is 0 Å². The first-order valence-electron chi connectivity index (χ1n) is 7.45. The fourth-order valence-electron chi connectivity index (χ4n) is 2.07. The second-order valence-electron chi connectivity index (χ2n) is 5.55. The minimum atomic E-state index is 0.555. The lowest BCUT2D eigenvalue weighted by Gasteiger charge is -2.04. The van der Waals surface area contributed by atoms with Gasteiger partial charge in [0.2, 0.25) is 11.8 Å². The highest BCUT2D eigenvalue weighted by Gasteiger charge is 2.10. The summed E-state index contributed by atoms with van der Waals surface area (Å²) in [5, 5.41) is 11.5. The van der Waals surface area contributed by atoms with E-state index in [0.717, 1.165) is 22.5 Å². The molecule has 0 aliphatic heterocycles. The number of halogens is 1. The zero-order valence-electron chi connectivity index (χ0n) is 12.6. The number of aromatic nitrogens is 2. The average molecular weight is 352 g/mol. The van der Waals surface area contributed by atoms with Crippen LogP contribution in [0.2, 0.25) is 0 Å². The molecule has 2 rings (SSSR count). The Morgan fingerprint density at radius 1 is 1.19 bits per heavy atom. The summed E-state index contributed by atoms with van der Waals surface area (Å²) in [5.41, 5.74) is 0.924. The van der Waals surface area contributed by atoms with E-state index in [-0.39, 0.29) is 0 Å². The highest BCUT2D eigenvalue weighted by atomic mass is 79.9. The van der Waals surface area contributed by atoms with Crippen molar-refractivity contribution in [1.29, 1.82) is 0 Å². The predicted molar refractivity (Wildman–Crippen MR) is 87.8 cm³/mol. The number of rotatable bonds is 8. The molecule has 1 heterocycles. The van der Waals surface area contributed by atoms with Crippen LogP contribution in [-0.2, 0) is 6.54 Å². The van der Waals surface area contributed by atoms with E-state index in [1.165, 1.54) is 19.3 Å². The van der Waals surface area contributed by atoms with Gasteiger partial charge in [0, 0.05) is 4.47 Å². The summed E-state index contributed by atoms with van der Waals surface area (Å²) in [6.45, 7) is 6.13. The predicted octanol–water partition coefficient (Wildman–Crippen LogP) is 4.42. The van der Waals surface area contributed by atoms with Gasteiger partial charge in [-0.25, -0.2) is 0 Å². The summed E-state index contributed by atoms with van der Waals surface area (Å²) < 4.78 is 6.64. The third-order valence-corrected chi connectivity index (χ3v) is 3.92. The molecule has 0 saturated carbocycles. The number of nitrogens with zero attached hydrogens (tertiary/aromatic N) is 2. The highest BCUT2D eigenvalue weighted by Crippen LogP contribution is 2.26. The van der Waals surface area contributed by atoms with Crippen molar-refractivity contribution in [3.8, 4) is 11.5 Å². The lowest BCUT2D eigenvalue weighted by molar-refractivity contribution is 0.465. The van der Waals surface area contributed by atoms with E-state index in [1.54, 1.807) is 0 Å². The van der Waals surface area contributed by atoms with Gasteiger partial charge in [-0.05, 0) is 46.9 Å². The second-order valence-corrected chi connectivity index (χ2v) is 6.40. The van der Waals surface area contributed by atoms with Crippen LogP contribution in [-0.4, -0.2) is 16.7 Å². The van der Waals surface area contributed by atoms with Gasteiger partial charge in [0.25, 0.3) is 0 Å². The molecule has 2 aromatic rings. The van der Waals surface area contributed by atoms with Crippen LogP contribution in [0.25, 0.3) is 11.5 Å². The standard InChI is InChI=1S/C16H22BrN3O/c1-12(2)7-5-6-10-18-11-15-19-20-16(21-15)13-8-3-4-9-14(13)17/h3-4,8-9,12,18H,5-7,10-11H2,1-2H3. The van der Waals surface area contributed by atoms with Crippen LogP contribution in [0.4, 0.5) is 0 Å². The van der Waals surface area contributed by atoms with Gasteiger partial charge in [0.05, 0.1) is 12.1 Å². The van der Waals surface area contributed by atoms with Crippen molar-refractivity contribution in [3.05, 3.63) is 34.6 Å². The molecule has 0 saturated heterocycles. The SMILES string of the molecule is CC(C)CCCCNCc1nnc(-c2ccccc2Br)o1. The van der Waals surface area contributed by atoms with Crippen LogP contribution in [0, 0.1) is 5.92 Å². The number of nitrogens with one attached hydrogen (secondary N) is 1. The van der Waals surface area contributed by atoms with Gasteiger partial charge >= 0.3 is 0 Å². The van der Waals surface area contributed by atoms with E-state index in [2.05, 4.69) is 45.3 Å². The first kappa shape index (κ1) is 16.2. The number of hydrogen-bond acceptors (Lipinski definition) is 4. The van der Waals surface area contributed by atoms with Gasteiger partial charge < -0.3 is 9.73 Å². The van der Waals surface area contributed by atoms with Crippen LogP contribution in [0.3, 0.4) is 0 Å². The van der Waals surface area contributed by atoms with Gasteiger partial charge in [-0.1, -0.05) is 38.8 Å². The third kappa shape index (κ3) is 5.25. The van der Waals surface area contributed by atoms with Gasteiger partial charge in [-0.15, -0.1) is 10.2 Å². The molecule has 0 bridgehead atoms. The monoisotopic (exact) mass is 351 g/mol. The molecule has 5 heteroatoms. The molecule has 114 valence electrons. The fraction of sp³-hybridized carbons (Fsp3) is 0.500. The Hall–Kier alpha value is -1.20. The van der Waals surface area contributed by atoms with Gasteiger partial charge in [-0.3, -0.25) is 0 Å². The zero-order valence-corrected chi connectivity index (χ0v) is 14.2. The molecule has 0 fully saturated rings. The van der Waals surface area contributed by atoms with Crippen molar-refractivity contribution < 1.29 is 4.42 Å². The molecule has 0 unspecified atom stereocenters.